The van der Waals surface area contributed by atoms with Crippen LogP contribution in [0.25, 0.3) is 0 Å². The maximum absolute atomic E-state index is 12.8. The van der Waals surface area contributed by atoms with E-state index in [1.165, 1.54) is 122 Å². The summed E-state index contributed by atoms with van der Waals surface area (Å²) in [6, 6.07) is 0. The second-order valence-electron chi connectivity index (χ2n) is 16.9. The van der Waals surface area contributed by atoms with Crippen LogP contribution in [0.4, 0.5) is 0 Å². The smallest absolute Gasteiger partial charge is 0.306 e. The molecule has 0 aliphatic carbocycles. The molecule has 0 aromatic carbocycles. The molecule has 0 saturated carbocycles. The van der Waals surface area contributed by atoms with Crippen molar-refractivity contribution in [1.29, 1.82) is 0 Å². The molecule has 4 N–H and O–H groups in total. The summed E-state index contributed by atoms with van der Waals surface area (Å²) in [6.07, 6.45) is 45.7. The van der Waals surface area contributed by atoms with Crippen LogP contribution in [-0.2, 0) is 23.7 Å². The van der Waals surface area contributed by atoms with Gasteiger partial charge in [0, 0.05) is 13.0 Å². The predicted octanol–water partition coefficient (Wildman–Crippen LogP) is 11.7. The molecule has 6 unspecified atom stereocenters. The van der Waals surface area contributed by atoms with E-state index in [1.54, 1.807) is 0 Å². The quantitative estimate of drug-likeness (QED) is 0.0269. The predicted molar refractivity (Wildman–Crippen MR) is 247 cm³/mol. The van der Waals surface area contributed by atoms with Crippen LogP contribution in [0.1, 0.15) is 206 Å². The topological polar surface area (TPSA) is 135 Å². The third kappa shape index (κ3) is 32.8. The summed E-state index contributed by atoms with van der Waals surface area (Å²) in [5.74, 6) is -0.320. The molecule has 1 heterocycles. The summed E-state index contributed by atoms with van der Waals surface area (Å²) < 4.78 is 22.8. The van der Waals surface area contributed by atoms with Crippen molar-refractivity contribution in [2.75, 3.05) is 26.4 Å². The van der Waals surface area contributed by atoms with Crippen LogP contribution in [0.3, 0.4) is 0 Å². The number of aliphatic hydroxyl groups is 4. The van der Waals surface area contributed by atoms with Gasteiger partial charge in [-0.25, -0.2) is 0 Å². The summed E-state index contributed by atoms with van der Waals surface area (Å²) in [6.45, 7) is 4.47. The average Bonchev–Trinajstić information content (AvgIpc) is 3.25. The van der Waals surface area contributed by atoms with Crippen molar-refractivity contribution in [2.45, 2.75) is 243 Å². The molecule has 9 nitrogen and oxygen atoms in total. The second kappa shape index (κ2) is 42.5. The lowest BCUT2D eigenvalue weighted by Crippen LogP contribution is -2.59. The number of hydrogen-bond acceptors (Lipinski definition) is 9. The fraction of sp³-hybridized carbons (Fsp3) is 0.824. The summed E-state index contributed by atoms with van der Waals surface area (Å²) in [5.41, 5.74) is 0. The maximum Gasteiger partial charge on any atom is 0.306 e. The van der Waals surface area contributed by atoms with Crippen molar-refractivity contribution in [3.05, 3.63) is 48.6 Å². The van der Waals surface area contributed by atoms with Gasteiger partial charge in [0.1, 0.15) is 30.5 Å². The highest BCUT2D eigenvalue weighted by atomic mass is 16.7. The summed E-state index contributed by atoms with van der Waals surface area (Å²) >= 11 is 0. The lowest BCUT2D eigenvalue weighted by atomic mass is 9.99. The molecular weight excluding hydrogens is 757 g/mol. The Balaban J connectivity index is 2.20. The maximum atomic E-state index is 12.8. The molecule has 60 heavy (non-hydrogen) atoms. The SMILES string of the molecule is CCC/C=C\C/C=C\CCCCCCCCOCC(COC1OC(CO)C(O)C(O)C1O)OC(=O)CCCCCCCCCCCCC/C=C\C/C=C\CCCCCCC. The first-order valence-electron chi connectivity index (χ1n) is 24.7. The molecule has 1 aliphatic heterocycles. The standard InChI is InChI=1S/C51H92O9/c1-3-5-7-9-11-13-15-17-19-20-21-22-23-24-25-26-27-28-30-32-34-36-38-40-47(53)59-45(44-58-51-50(56)49(55)48(54)46(42-52)60-51)43-57-41-39-37-35-33-31-29-18-16-14-12-10-8-6-4-2/h8,10,14-17,20-21,45-46,48-52,54-56H,3-7,9,11-13,18-19,22-44H2,1-2H3/b10-8-,16-14-,17-15-,21-20-. The second-order valence-corrected chi connectivity index (χ2v) is 16.9. The van der Waals surface area contributed by atoms with E-state index in [0.717, 1.165) is 64.2 Å². The largest absolute Gasteiger partial charge is 0.457 e. The number of hydrogen-bond donors (Lipinski definition) is 4. The number of allylic oxidation sites excluding steroid dienone is 8. The van der Waals surface area contributed by atoms with Crippen molar-refractivity contribution in [3.63, 3.8) is 0 Å². The Labute approximate surface area is 367 Å². The zero-order chi connectivity index (χ0) is 43.6. The first-order chi connectivity index (χ1) is 29.4. The summed E-state index contributed by atoms with van der Waals surface area (Å²) in [7, 11) is 0. The Kier molecular flexibility index (Phi) is 39.7. The van der Waals surface area contributed by atoms with Gasteiger partial charge in [-0.2, -0.15) is 0 Å². The molecule has 1 aliphatic rings. The zero-order valence-corrected chi connectivity index (χ0v) is 38.5. The number of unbranched alkanes of at least 4 members (excludes halogenated alkanes) is 23. The average molecular weight is 849 g/mol. The highest BCUT2D eigenvalue weighted by Crippen LogP contribution is 2.23. The van der Waals surface area contributed by atoms with Crippen LogP contribution in [-0.4, -0.2) is 89.6 Å². The minimum atomic E-state index is -1.54. The Morgan fingerprint density at radius 3 is 1.50 bits per heavy atom. The van der Waals surface area contributed by atoms with E-state index in [2.05, 4.69) is 62.5 Å². The van der Waals surface area contributed by atoms with E-state index < -0.39 is 43.4 Å². The highest BCUT2D eigenvalue weighted by Gasteiger charge is 2.44. The molecule has 1 saturated heterocycles. The molecule has 0 spiro atoms. The van der Waals surface area contributed by atoms with Gasteiger partial charge in [-0.1, -0.05) is 178 Å². The monoisotopic (exact) mass is 849 g/mol. The van der Waals surface area contributed by atoms with E-state index in [-0.39, 0.29) is 19.2 Å². The number of rotatable bonds is 42. The molecule has 350 valence electrons. The fourth-order valence-corrected chi connectivity index (χ4v) is 7.32. The van der Waals surface area contributed by atoms with Crippen LogP contribution in [0.2, 0.25) is 0 Å². The summed E-state index contributed by atoms with van der Waals surface area (Å²) in [5, 5.41) is 40.2. The minimum Gasteiger partial charge on any atom is -0.457 e. The van der Waals surface area contributed by atoms with Gasteiger partial charge in [0.25, 0.3) is 0 Å². The Morgan fingerprint density at radius 2 is 1.00 bits per heavy atom. The van der Waals surface area contributed by atoms with Crippen molar-refractivity contribution in [3.8, 4) is 0 Å². The van der Waals surface area contributed by atoms with Crippen LogP contribution < -0.4 is 0 Å². The molecule has 0 radical (unpaired) electrons. The fourth-order valence-electron chi connectivity index (χ4n) is 7.32. The minimum absolute atomic E-state index is 0.119. The zero-order valence-electron chi connectivity index (χ0n) is 38.5. The molecular formula is C51H92O9. The van der Waals surface area contributed by atoms with Crippen LogP contribution in [0.5, 0.6) is 0 Å². The van der Waals surface area contributed by atoms with Crippen molar-refractivity contribution in [1.82, 2.24) is 0 Å². The molecule has 6 atom stereocenters. The van der Waals surface area contributed by atoms with Crippen molar-refractivity contribution < 1.29 is 44.2 Å². The third-order valence-corrected chi connectivity index (χ3v) is 11.2. The highest BCUT2D eigenvalue weighted by molar-refractivity contribution is 5.69. The molecule has 0 bridgehead atoms. The van der Waals surface area contributed by atoms with Gasteiger partial charge >= 0.3 is 5.97 Å². The Bertz CT molecular complexity index is 1060. The molecule has 9 heteroatoms. The lowest BCUT2D eigenvalue weighted by Gasteiger charge is -2.39. The van der Waals surface area contributed by atoms with E-state index in [1.807, 2.05) is 0 Å². The molecule has 0 aromatic rings. The van der Waals surface area contributed by atoms with Crippen LogP contribution in [0, 0.1) is 0 Å². The van der Waals surface area contributed by atoms with Crippen LogP contribution >= 0.6 is 0 Å². The third-order valence-electron chi connectivity index (χ3n) is 11.2. The van der Waals surface area contributed by atoms with Gasteiger partial charge < -0.3 is 39.4 Å². The van der Waals surface area contributed by atoms with E-state index in [0.29, 0.717) is 13.0 Å². The normalized spacial score (nSPS) is 20.4. The first kappa shape index (κ1) is 56.2. The van der Waals surface area contributed by atoms with Gasteiger partial charge in [-0.15, -0.1) is 0 Å². The number of esters is 1. The molecule has 0 aromatic heterocycles. The van der Waals surface area contributed by atoms with Gasteiger partial charge in [0.2, 0.25) is 0 Å². The Hall–Kier alpha value is -1.85. The van der Waals surface area contributed by atoms with Gasteiger partial charge in [0.05, 0.1) is 19.8 Å². The number of carbonyl (C=O) groups is 1. The first-order valence-corrected chi connectivity index (χ1v) is 24.7. The van der Waals surface area contributed by atoms with E-state index >= 15 is 0 Å². The lowest BCUT2D eigenvalue weighted by molar-refractivity contribution is -0.305. The van der Waals surface area contributed by atoms with Crippen molar-refractivity contribution >= 4 is 5.97 Å². The van der Waals surface area contributed by atoms with Crippen molar-refractivity contribution in [2.24, 2.45) is 0 Å². The summed E-state index contributed by atoms with van der Waals surface area (Å²) in [4.78, 5) is 12.8. The Morgan fingerprint density at radius 1 is 0.533 bits per heavy atom. The van der Waals surface area contributed by atoms with Crippen LogP contribution in [0.15, 0.2) is 48.6 Å². The molecule has 1 rings (SSSR count). The van der Waals surface area contributed by atoms with Gasteiger partial charge in [0.15, 0.2) is 6.29 Å². The molecule has 1 fully saturated rings. The van der Waals surface area contributed by atoms with Gasteiger partial charge in [-0.3, -0.25) is 4.79 Å². The number of ether oxygens (including phenoxy) is 4. The van der Waals surface area contributed by atoms with E-state index in [4.69, 9.17) is 18.9 Å². The number of carbonyl (C=O) groups excluding carboxylic acids is 1. The van der Waals surface area contributed by atoms with E-state index in [9.17, 15) is 25.2 Å². The molecule has 0 amide bonds. The number of aliphatic hydroxyl groups excluding tert-OH is 4. The van der Waals surface area contributed by atoms with Gasteiger partial charge in [-0.05, 0) is 70.6 Å².